The average molecular weight is 510 g/mol. The lowest BCUT2D eigenvalue weighted by Gasteiger charge is -2.31. The quantitative estimate of drug-likeness (QED) is 0.396. The van der Waals surface area contributed by atoms with Gasteiger partial charge in [-0.05, 0) is 55.4 Å². The normalized spacial score (nSPS) is 13.2. The molecule has 0 amide bonds. The number of nitrogens with zero attached hydrogens (tertiary/aromatic N) is 3. The number of halogens is 3. The molecular formula is C22H22F3N5O4S. The lowest BCUT2D eigenvalue weighted by Crippen LogP contribution is -2.36. The zero-order chi connectivity index (χ0) is 25.4. The Kier molecular flexibility index (Phi) is 8.60. The minimum atomic E-state index is -4.58. The molecule has 2 aromatic carbocycles. The van der Waals surface area contributed by atoms with E-state index in [0.717, 1.165) is 37.2 Å². The second kappa shape index (κ2) is 11.6. The molecule has 0 spiro atoms. The third-order valence-corrected chi connectivity index (χ3v) is 6.51. The molecule has 1 aliphatic heterocycles. The lowest BCUT2D eigenvalue weighted by atomic mass is 10.0. The number of sulfonamides is 1. The van der Waals surface area contributed by atoms with Crippen molar-refractivity contribution in [3.05, 3.63) is 77.2 Å². The predicted molar refractivity (Wildman–Crippen MR) is 122 cm³/mol. The van der Waals surface area contributed by atoms with Crippen LogP contribution in [0, 0.1) is 17.5 Å². The number of nitrogens with one attached hydrogen (secondary N) is 2. The predicted octanol–water partition coefficient (Wildman–Crippen LogP) is 3.21. The third kappa shape index (κ3) is 6.67. The molecule has 35 heavy (non-hydrogen) atoms. The first-order valence-electron chi connectivity index (χ1n) is 10.3. The first-order chi connectivity index (χ1) is 16.7. The van der Waals surface area contributed by atoms with Crippen molar-refractivity contribution in [2.24, 2.45) is 0 Å². The van der Waals surface area contributed by atoms with E-state index in [1.807, 2.05) is 10.8 Å². The van der Waals surface area contributed by atoms with Gasteiger partial charge in [0.15, 0.2) is 10.7 Å². The Balaban J connectivity index is 0.00000108. The highest BCUT2D eigenvalue weighted by molar-refractivity contribution is 7.92. The van der Waals surface area contributed by atoms with Crippen molar-refractivity contribution in [3.8, 4) is 0 Å². The molecule has 4 rings (SSSR count). The average Bonchev–Trinajstić information content (AvgIpc) is 2.76. The summed E-state index contributed by atoms with van der Waals surface area (Å²) in [6.07, 6.45) is 2.42. The van der Waals surface area contributed by atoms with Crippen molar-refractivity contribution in [1.82, 2.24) is 15.1 Å². The fourth-order valence-corrected chi connectivity index (χ4v) is 4.50. The molecule has 0 aliphatic carbocycles. The monoisotopic (exact) mass is 509 g/mol. The fourth-order valence-electron chi connectivity index (χ4n) is 3.38. The van der Waals surface area contributed by atoms with E-state index in [4.69, 9.17) is 9.90 Å². The first-order valence-corrected chi connectivity index (χ1v) is 11.8. The van der Waals surface area contributed by atoms with Crippen molar-refractivity contribution in [2.45, 2.75) is 24.4 Å². The van der Waals surface area contributed by atoms with Gasteiger partial charge >= 0.3 is 0 Å². The minimum absolute atomic E-state index is 0.0152. The Morgan fingerprint density at radius 3 is 2.31 bits per heavy atom. The van der Waals surface area contributed by atoms with Crippen molar-refractivity contribution in [1.29, 1.82) is 0 Å². The van der Waals surface area contributed by atoms with E-state index in [-0.39, 0.29) is 24.5 Å². The van der Waals surface area contributed by atoms with Crippen LogP contribution in [0.4, 0.5) is 24.7 Å². The molecule has 0 unspecified atom stereocenters. The number of aromatic nitrogens is 2. The Hall–Kier alpha value is -3.71. The zero-order valence-electron chi connectivity index (χ0n) is 18.3. The molecule has 1 aromatic heterocycles. The van der Waals surface area contributed by atoms with Crippen molar-refractivity contribution < 1.29 is 31.5 Å². The van der Waals surface area contributed by atoms with Crippen LogP contribution in [0.2, 0.25) is 0 Å². The number of hydrogen-bond acceptors (Lipinski definition) is 7. The van der Waals surface area contributed by atoms with Gasteiger partial charge in [0, 0.05) is 30.5 Å². The number of benzene rings is 2. The van der Waals surface area contributed by atoms with Gasteiger partial charge in [-0.25, -0.2) is 21.6 Å². The topological polar surface area (TPSA) is 125 Å². The van der Waals surface area contributed by atoms with Crippen LogP contribution in [0.5, 0.6) is 0 Å². The van der Waals surface area contributed by atoms with Gasteiger partial charge in [0.1, 0.15) is 17.5 Å². The van der Waals surface area contributed by atoms with E-state index in [9.17, 15) is 21.6 Å². The van der Waals surface area contributed by atoms with Crippen LogP contribution in [0.25, 0.3) is 0 Å². The Morgan fingerprint density at radius 1 is 1.06 bits per heavy atom. The van der Waals surface area contributed by atoms with E-state index >= 15 is 0 Å². The van der Waals surface area contributed by atoms with Crippen LogP contribution in [0.3, 0.4) is 0 Å². The maximum atomic E-state index is 14.6. The van der Waals surface area contributed by atoms with Crippen LogP contribution < -0.4 is 10.0 Å². The van der Waals surface area contributed by atoms with Gasteiger partial charge in [-0.2, -0.15) is 5.10 Å². The van der Waals surface area contributed by atoms with Crippen LogP contribution in [-0.2, 0) is 27.9 Å². The summed E-state index contributed by atoms with van der Waals surface area (Å²) in [6, 6.07) is 9.18. The van der Waals surface area contributed by atoms with Gasteiger partial charge in [-0.3, -0.25) is 14.4 Å². The summed E-state index contributed by atoms with van der Waals surface area (Å²) in [4.78, 5) is 9.39. The number of likely N-dealkylation sites (tertiary alicyclic amines) is 1. The molecule has 0 radical (unpaired) electrons. The summed E-state index contributed by atoms with van der Waals surface area (Å²) in [5, 5.41) is 16.7. The fraction of sp³-hybridized carbons (Fsp3) is 0.227. The van der Waals surface area contributed by atoms with Crippen LogP contribution in [0.1, 0.15) is 17.5 Å². The highest BCUT2D eigenvalue weighted by Gasteiger charge is 2.26. The SMILES string of the molecule is O=CO.O=S(=O)(Nc1cccnn1)c1c(F)cc(NCc2c(F)cccc2CN2CCC2)cc1F. The van der Waals surface area contributed by atoms with Gasteiger partial charge < -0.3 is 10.4 Å². The maximum absolute atomic E-state index is 14.6. The van der Waals surface area contributed by atoms with E-state index < -0.39 is 32.4 Å². The molecule has 9 nitrogen and oxygen atoms in total. The standard InChI is InChI=1S/C21H20F3N5O2S.CH2O2/c22-17-5-1-4-14(13-29-8-3-9-29)16(17)12-25-15-10-18(23)21(19(24)11-15)32(30,31)28-20-6-2-7-26-27-20;2-1-3/h1-2,4-7,10-11,25H,3,8-9,12-13H2,(H,27,28);1H,(H,2,3). The molecule has 1 saturated heterocycles. The third-order valence-electron chi connectivity index (χ3n) is 5.11. The molecule has 2 heterocycles. The van der Waals surface area contributed by atoms with Gasteiger partial charge in [-0.15, -0.1) is 5.10 Å². The molecule has 3 aromatic rings. The van der Waals surface area contributed by atoms with Gasteiger partial charge in [0.2, 0.25) is 0 Å². The first kappa shape index (κ1) is 25.9. The number of anilines is 2. The van der Waals surface area contributed by atoms with Crippen LogP contribution >= 0.6 is 0 Å². The zero-order valence-corrected chi connectivity index (χ0v) is 19.1. The molecule has 1 aliphatic rings. The molecule has 13 heteroatoms. The molecule has 1 fully saturated rings. The lowest BCUT2D eigenvalue weighted by molar-refractivity contribution is -0.122. The van der Waals surface area contributed by atoms with E-state index in [0.29, 0.717) is 12.1 Å². The Bertz CT molecular complexity index is 1250. The summed E-state index contributed by atoms with van der Waals surface area (Å²) >= 11 is 0. The maximum Gasteiger partial charge on any atom is 0.290 e. The number of hydrogen-bond donors (Lipinski definition) is 3. The minimum Gasteiger partial charge on any atom is -0.483 e. The van der Waals surface area contributed by atoms with E-state index in [2.05, 4.69) is 20.4 Å². The largest absolute Gasteiger partial charge is 0.483 e. The molecular weight excluding hydrogens is 487 g/mol. The highest BCUT2D eigenvalue weighted by Crippen LogP contribution is 2.26. The van der Waals surface area contributed by atoms with E-state index in [1.54, 1.807) is 6.07 Å². The summed E-state index contributed by atoms with van der Waals surface area (Å²) in [7, 11) is -4.58. The summed E-state index contributed by atoms with van der Waals surface area (Å²) in [5.41, 5.74) is 1.16. The number of carbonyl (C=O) groups is 1. The van der Waals surface area contributed by atoms with Gasteiger partial charge in [-0.1, -0.05) is 12.1 Å². The Morgan fingerprint density at radius 2 is 1.74 bits per heavy atom. The van der Waals surface area contributed by atoms with Crippen molar-refractivity contribution in [3.63, 3.8) is 0 Å². The van der Waals surface area contributed by atoms with E-state index in [1.165, 1.54) is 24.4 Å². The number of rotatable bonds is 8. The second-order valence-corrected chi connectivity index (χ2v) is 9.07. The van der Waals surface area contributed by atoms with Crippen LogP contribution in [0.15, 0.2) is 53.6 Å². The van der Waals surface area contributed by atoms with Gasteiger partial charge in [0.25, 0.3) is 16.5 Å². The molecule has 186 valence electrons. The summed E-state index contributed by atoms with van der Waals surface area (Å²) < 4.78 is 70.4. The second-order valence-electron chi connectivity index (χ2n) is 7.45. The molecule has 0 atom stereocenters. The molecule has 0 saturated carbocycles. The van der Waals surface area contributed by atoms with Crippen LogP contribution in [-0.4, -0.2) is 48.2 Å². The van der Waals surface area contributed by atoms with Gasteiger partial charge in [0.05, 0.1) is 0 Å². The molecule has 3 N–H and O–H groups in total. The number of carboxylic acid groups (broad SMARTS) is 1. The highest BCUT2D eigenvalue weighted by atomic mass is 32.2. The summed E-state index contributed by atoms with van der Waals surface area (Å²) in [5.74, 6) is -3.19. The molecule has 0 bridgehead atoms. The van der Waals surface area contributed by atoms with Crippen molar-refractivity contribution >= 4 is 28.0 Å². The smallest absolute Gasteiger partial charge is 0.290 e. The Labute approximate surface area is 199 Å². The van der Waals surface area contributed by atoms with Crippen molar-refractivity contribution in [2.75, 3.05) is 23.1 Å². The summed E-state index contributed by atoms with van der Waals surface area (Å²) in [6.45, 7) is 2.21.